The number of nitrogens with one attached hydrogen (secondary N) is 1. The Bertz CT molecular complexity index is 968. The SMILES string of the molecule is Cc1cc(NC(=O)COC(=O)C2CCN(C(=O)c3ccc(F)cc3F)CC2)n(C)n1. The molecule has 8 nitrogen and oxygen atoms in total. The Balaban J connectivity index is 1.46. The van der Waals surface area contributed by atoms with E-state index in [0.717, 1.165) is 17.8 Å². The Morgan fingerprint density at radius 1 is 1.20 bits per heavy atom. The Kier molecular flexibility index (Phi) is 6.43. The molecule has 10 heteroatoms. The van der Waals surface area contributed by atoms with Gasteiger partial charge in [0.05, 0.1) is 17.2 Å². The van der Waals surface area contributed by atoms with Crippen LogP contribution in [0, 0.1) is 24.5 Å². The van der Waals surface area contributed by atoms with Gasteiger partial charge in [-0.3, -0.25) is 19.1 Å². The molecule has 2 aromatic rings. The summed E-state index contributed by atoms with van der Waals surface area (Å²) in [4.78, 5) is 38.0. The summed E-state index contributed by atoms with van der Waals surface area (Å²) in [6.07, 6.45) is 0.659. The van der Waals surface area contributed by atoms with E-state index >= 15 is 0 Å². The maximum Gasteiger partial charge on any atom is 0.309 e. The maximum absolute atomic E-state index is 13.8. The van der Waals surface area contributed by atoms with Gasteiger partial charge in [-0.1, -0.05) is 0 Å². The average Bonchev–Trinajstić information content (AvgIpc) is 3.02. The van der Waals surface area contributed by atoms with E-state index in [1.54, 1.807) is 20.0 Å². The van der Waals surface area contributed by atoms with Crippen LogP contribution < -0.4 is 5.32 Å². The zero-order chi connectivity index (χ0) is 21.8. The van der Waals surface area contributed by atoms with Gasteiger partial charge in [-0.05, 0) is 31.9 Å². The van der Waals surface area contributed by atoms with Gasteiger partial charge < -0.3 is 15.0 Å². The molecule has 1 aliphatic heterocycles. The van der Waals surface area contributed by atoms with Gasteiger partial charge in [0.1, 0.15) is 17.5 Å². The van der Waals surface area contributed by atoms with Crippen molar-refractivity contribution in [1.29, 1.82) is 0 Å². The van der Waals surface area contributed by atoms with Crippen LogP contribution in [0.4, 0.5) is 14.6 Å². The number of likely N-dealkylation sites (tertiary alicyclic amines) is 1. The largest absolute Gasteiger partial charge is 0.455 e. The molecule has 0 spiro atoms. The zero-order valence-corrected chi connectivity index (χ0v) is 16.7. The summed E-state index contributed by atoms with van der Waals surface area (Å²) in [5.41, 5.74) is 0.533. The lowest BCUT2D eigenvalue weighted by atomic mass is 9.96. The second-order valence-electron chi connectivity index (χ2n) is 7.14. The van der Waals surface area contributed by atoms with Crippen molar-refractivity contribution in [3.8, 4) is 0 Å². The second-order valence-corrected chi connectivity index (χ2v) is 7.14. The van der Waals surface area contributed by atoms with Crippen molar-refractivity contribution < 1.29 is 27.9 Å². The number of carbonyl (C=O) groups excluding carboxylic acids is 3. The van der Waals surface area contributed by atoms with Crippen molar-refractivity contribution >= 4 is 23.6 Å². The first-order valence-corrected chi connectivity index (χ1v) is 9.46. The number of nitrogens with zero attached hydrogens (tertiary/aromatic N) is 3. The van der Waals surface area contributed by atoms with Crippen molar-refractivity contribution in [2.75, 3.05) is 25.0 Å². The molecule has 1 aromatic heterocycles. The molecule has 0 saturated carbocycles. The van der Waals surface area contributed by atoms with E-state index in [0.29, 0.717) is 24.7 Å². The topological polar surface area (TPSA) is 93.5 Å². The summed E-state index contributed by atoms with van der Waals surface area (Å²) >= 11 is 0. The third kappa shape index (κ3) is 5.00. The molecule has 160 valence electrons. The minimum atomic E-state index is -0.920. The molecule has 0 bridgehead atoms. The van der Waals surface area contributed by atoms with Crippen molar-refractivity contribution in [3.63, 3.8) is 0 Å². The standard InChI is InChI=1S/C20H22F2N4O4/c1-12-9-17(25(2)24-12)23-18(27)11-30-20(29)13-5-7-26(8-6-13)19(28)15-4-3-14(21)10-16(15)22/h3-4,9-10,13H,5-8,11H2,1-2H3,(H,23,27). The number of hydrogen-bond acceptors (Lipinski definition) is 5. The number of halogens is 2. The number of esters is 1. The molecule has 0 unspecified atom stereocenters. The molecule has 1 aliphatic rings. The predicted molar refractivity (Wildman–Crippen MR) is 103 cm³/mol. The number of ether oxygens (including phenoxy) is 1. The first-order valence-electron chi connectivity index (χ1n) is 9.46. The number of aromatic nitrogens is 2. The summed E-state index contributed by atoms with van der Waals surface area (Å²) in [5.74, 6) is -3.20. The second kappa shape index (κ2) is 9.02. The van der Waals surface area contributed by atoms with Crippen LogP contribution in [0.5, 0.6) is 0 Å². The first kappa shape index (κ1) is 21.4. The zero-order valence-electron chi connectivity index (χ0n) is 16.7. The molecular weight excluding hydrogens is 398 g/mol. The lowest BCUT2D eigenvalue weighted by Gasteiger charge is -2.31. The summed E-state index contributed by atoms with van der Waals surface area (Å²) in [7, 11) is 1.68. The van der Waals surface area contributed by atoms with Gasteiger partial charge in [-0.15, -0.1) is 0 Å². The minimum Gasteiger partial charge on any atom is -0.455 e. The van der Waals surface area contributed by atoms with Crippen molar-refractivity contribution in [2.45, 2.75) is 19.8 Å². The molecule has 2 amide bonds. The van der Waals surface area contributed by atoms with E-state index in [-0.39, 0.29) is 18.7 Å². The lowest BCUT2D eigenvalue weighted by Crippen LogP contribution is -2.41. The minimum absolute atomic E-state index is 0.209. The smallest absolute Gasteiger partial charge is 0.309 e. The number of amides is 2. The number of carbonyl (C=O) groups is 3. The van der Waals surface area contributed by atoms with Crippen LogP contribution >= 0.6 is 0 Å². The summed E-state index contributed by atoms with van der Waals surface area (Å²) < 4.78 is 33.4. The molecule has 0 aliphatic carbocycles. The normalized spacial score (nSPS) is 14.5. The average molecular weight is 420 g/mol. The van der Waals surface area contributed by atoms with E-state index in [1.165, 1.54) is 9.58 Å². The fourth-order valence-electron chi connectivity index (χ4n) is 3.31. The van der Waals surface area contributed by atoms with E-state index in [9.17, 15) is 23.2 Å². The number of anilines is 1. The van der Waals surface area contributed by atoms with E-state index in [2.05, 4.69) is 10.4 Å². The van der Waals surface area contributed by atoms with Crippen molar-refractivity contribution in [1.82, 2.24) is 14.7 Å². The quantitative estimate of drug-likeness (QED) is 0.748. The fourth-order valence-corrected chi connectivity index (χ4v) is 3.31. The van der Waals surface area contributed by atoms with Gasteiger partial charge >= 0.3 is 5.97 Å². The highest BCUT2D eigenvalue weighted by Crippen LogP contribution is 2.21. The summed E-state index contributed by atoms with van der Waals surface area (Å²) in [6, 6.07) is 4.49. The summed E-state index contributed by atoms with van der Waals surface area (Å²) in [6.45, 7) is 1.83. The van der Waals surface area contributed by atoms with Gasteiger partial charge in [-0.25, -0.2) is 8.78 Å². The van der Waals surface area contributed by atoms with Crippen LogP contribution in [0.25, 0.3) is 0 Å². The fraction of sp³-hybridized carbons (Fsp3) is 0.400. The van der Waals surface area contributed by atoms with Crippen LogP contribution in [-0.4, -0.2) is 52.2 Å². The van der Waals surface area contributed by atoms with Crippen LogP contribution in [0.1, 0.15) is 28.9 Å². The molecule has 1 N–H and O–H groups in total. The highest BCUT2D eigenvalue weighted by atomic mass is 19.1. The van der Waals surface area contributed by atoms with Gasteiger partial charge in [0.2, 0.25) is 0 Å². The third-order valence-electron chi connectivity index (χ3n) is 4.89. The Hall–Kier alpha value is -3.30. The van der Waals surface area contributed by atoms with Gasteiger partial charge in [0, 0.05) is 32.3 Å². The van der Waals surface area contributed by atoms with Gasteiger partial charge in [0.25, 0.3) is 11.8 Å². The van der Waals surface area contributed by atoms with Crippen LogP contribution in [0.3, 0.4) is 0 Å². The lowest BCUT2D eigenvalue weighted by molar-refractivity contribution is -0.152. The molecular formula is C20H22F2N4O4. The highest BCUT2D eigenvalue weighted by molar-refractivity contribution is 5.95. The van der Waals surface area contributed by atoms with E-state index in [4.69, 9.17) is 4.74 Å². The number of aryl methyl sites for hydroxylation is 2. The molecule has 0 radical (unpaired) electrons. The van der Waals surface area contributed by atoms with Crippen molar-refractivity contribution in [3.05, 3.63) is 47.2 Å². The van der Waals surface area contributed by atoms with Gasteiger partial charge in [0.15, 0.2) is 6.61 Å². The number of rotatable bonds is 5. The highest BCUT2D eigenvalue weighted by Gasteiger charge is 2.30. The molecule has 2 heterocycles. The number of piperidine rings is 1. The maximum atomic E-state index is 13.8. The van der Waals surface area contributed by atoms with E-state index < -0.39 is 41.9 Å². The molecule has 1 aromatic carbocycles. The van der Waals surface area contributed by atoms with E-state index in [1.807, 2.05) is 0 Å². The summed E-state index contributed by atoms with van der Waals surface area (Å²) in [5, 5.41) is 6.71. The molecule has 0 atom stereocenters. The third-order valence-corrected chi connectivity index (χ3v) is 4.89. The van der Waals surface area contributed by atoms with Crippen LogP contribution in [-0.2, 0) is 21.4 Å². The van der Waals surface area contributed by atoms with Crippen molar-refractivity contribution in [2.24, 2.45) is 13.0 Å². The Morgan fingerprint density at radius 3 is 2.50 bits per heavy atom. The molecule has 1 fully saturated rings. The molecule has 1 saturated heterocycles. The van der Waals surface area contributed by atoms with Gasteiger partial charge in [-0.2, -0.15) is 5.10 Å². The monoisotopic (exact) mass is 420 g/mol. The number of benzene rings is 1. The Labute approximate surface area is 171 Å². The molecule has 3 rings (SSSR count). The molecule has 30 heavy (non-hydrogen) atoms. The number of hydrogen-bond donors (Lipinski definition) is 1. The Morgan fingerprint density at radius 2 is 1.90 bits per heavy atom. The first-order chi connectivity index (χ1) is 14.2. The van der Waals surface area contributed by atoms with Crippen LogP contribution in [0.2, 0.25) is 0 Å². The predicted octanol–water partition coefficient (Wildman–Crippen LogP) is 2.04. The van der Waals surface area contributed by atoms with Crippen LogP contribution in [0.15, 0.2) is 24.3 Å².